The van der Waals surface area contributed by atoms with Crippen LogP contribution in [-0.4, -0.2) is 19.1 Å². The second kappa shape index (κ2) is 6.47. The molecule has 2 nitrogen and oxygen atoms in total. The molecule has 0 spiro atoms. The normalized spacial score (nSPS) is 12.1. The van der Waals surface area contributed by atoms with Crippen LogP contribution in [0.1, 0.15) is 15.9 Å². The van der Waals surface area contributed by atoms with Crippen LogP contribution >= 0.6 is 0 Å². The molecule has 0 saturated carbocycles. The van der Waals surface area contributed by atoms with Gasteiger partial charge in [-0.15, -0.1) is 0 Å². The van der Waals surface area contributed by atoms with Gasteiger partial charge in [0, 0.05) is 5.56 Å². The Bertz CT molecular complexity index is 671. The van der Waals surface area contributed by atoms with Crippen LogP contribution in [0.3, 0.4) is 0 Å². The van der Waals surface area contributed by atoms with Gasteiger partial charge >= 0.3 is 6.18 Å². The molecule has 0 heterocycles. The molecule has 0 unspecified atom stereocenters. The third-order valence-corrected chi connectivity index (χ3v) is 3.04. The Morgan fingerprint density at radius 1 is 0.955 bits per heavy atom. The van der Waals surface area contributed by atoms with Crippen molar-refractivity contribution in [2.75, 3.05) is 7.11 Å². The molecule has 0 aliphatic heterocycles. The Hall–Kier alpha value is -2.56. The number of methoxy groups -OCH3 is 1. The fourth-order valence-electron chi connectivity index (χ4n) is 1.92. The number of carbonyl (C=O) groups is 1. The van der Waals surface area contributed by atoms with Crippen molar-refractivity contribution in [1.29, 1.82) is 0 Å². The smallest absolute Gasteiger partial charge is 0.417 e. The first-order chi connectivity index (χ1) is 10.4. The summed E-state index contributed by atoms with van der Waals surface area (Å²) in [4.78, 5) is 12.1. The van der Waals surface area contributed by atoms with Gasteiger partial charge in [0.15, 0.2) is 5.78 Å². The summed E-state index contributed by atoms with van der Waals surface area (Å²) in [6.45, 7) is 0. The zero-order valence-electron chi connectivity index (χ0n) is 11.7. The monoisotopic (exact) mass is 306 g/mol. The molecule has 0 N–H and O–H groups in total. The van der Waals surface area contributed by atoms with Crippen LogP contribution < -0.4 is 4.74 Å². The predicted molar refractivity (Wildman–Crippen MR) is 77.8 cm³/mol. The fourth-order valence-corrected chi connectivity index (χ4v) is 1.92. The van der Waals surface area contributed by atoms with Crippen LogP contribution in [0.4, 0.5) is 13.2 Å². The highest BCUT2D eigenvalue weighted by atomic mass is 19.4. The van der Waals surface area contributed by atoms with Crippen LogP contribution in [0.2, 0.25) is 0 Å². The van der Waals surface area contributed by atoms with Gasteiger partial charge in [0.05, 0.1) is 12.7 Å². The maximum absolute atomic E-state index is 13.2. The summed E-state index contributed by atoms with van der Waals surface area (Å²) in [5.41, 5.74) is -0.843. The second-order valence-electron chi connectivity index (χ2n) is 4.51. The van der Waals surface area contributed by atoms with E-state index >= 15 is 0 Å². The van der Waals surface area contributed by atoms with Gasteiger partial charge in [0.25, 0.3) is 0 Å². The first kappa shape index (κ1) is 15.8. The van der Waals surface area contributed by atoms with Crippen molar-refractivity contribution in [1.82, 2.24) is 0 Å². The lowest BCUT2D eigenvalue weighted by Crippen LogP contribution is -2.12. The summed E-state index contributed by atoms with van der Waals surface area (Å²) >= 11 is 0. The number of alkyl halides is 3. The van der Waals surface area contributed by atoms with Crippen LogP contribution in [0.25, 0.3) is 5.57 Å². The molecule has 0 amide bonds. The largest absolute Gasteiger partial charge is 0.497 e. The summed E-state index contributed by atoms with van der Waals surface area (Å²) in [5.74, 6) is -0.182. The number of ketones is 1. The average molecular weight is 306 g/mol. The Labute approximate surface area is 125 Å². The Balaban J connectivity index is 2.38. The molecular weight excluding hydrogens is 293 g/mol. The lowest BCUT2D eigenvalue weighted by molar-refractivity contribution is -0.0689. The minimum Gasteiger partial charge on any atom is -0.497 e. The van der Waals surface area contributed by atoms with Gasteiger partial charge in [-0.25, -0.2) is 0 Å². The molecule has 114 valence electrons. The van der Waals surface area contributed by atoms with Crippen LogP contribution in [0.15, 0.2) is 60.7 Å². The van der Waals surface area contributed by atoms with Crippen LogP contribution in [-0.2, 0) is 0 Å². The van der Waals surface area contributed by atoms with Gasteiger partial charge in [0.1, 0.15) is 5.75 Å². The molecule has 0 fully saturated rings. The zero-order valence-corrected chi connectivity index (χ0v) is 11.7. The number of hydrogen-bond acceptors (Lipinski definition) is 2. The van der Waals surface area contributed by atoms with Crippen molar-refractivity contribution >= 4 is 11.4 Å². The highest BCUT2D eigenvalue weighted by molar-refractivity contribution is 6.09. The molecule has 2 aromatic rings. The Morgan fingerprint density at radius 2 is 1.55 bits per heavy atom. The standard InChI is InChI=1S/C17H13F3O2/c1-22-14-9-7-13(8-10-14)16(21)11-15(17(18,19)20)12-5-3-2-4-6-12/h2-11H,1H3/b15-11-. The molecule has 5 heteroatoms. The summed E-state index contributed by atoms with van der Waals surface area (Å²) in [6.07, 6.45) is -3.99. The molecule has 0 aliphatic carbocycles. The van der Waals surface area contributed by atoms with E-state index in [1.54, 1.807) is 6.07 Å². The van der Waals surface area contributed by atoms with Crippen molar-refractivity contribution in [2.45, 2.75) is 6.18 Å². The van der Waals surface area contributed by atoms with E-state index in [2.05, 4.69) is 0 Å². The number of allylic oxidation sites excluding steroid dienone is 2. The maximum Gasteiger partial charge on any atom is 0.417 e. The molecule has 0 aromatic heterocycles. The zero-order chi connectivity index (χ0) is 16.2. The lowest BCUT2D eigenvalue weighted by atomic mass is 10.0. The number of hydrogen-bond donors (Lipinski definition) is 0. The van der Waals surface area contributed by atoms with Crippen molar-refractivity contribution in [3.05, 3.63) is 71.8 Å². The third-order valence-electron chi connectivity index (χ3n) is 3.04. The van der Waals surface area contributed by atoms with E-state index in [4.69, 9.17) is 4.74 Å². The van der Waals surface area contributed by atoms with Gasteiger partial charge in [-0.2, -0.15) is 13.2 Å². The third kappa shape index (κ3) is 3.75. The number of ether oxygens (including phenoxy) is 1. The Kier molecular flexibility index (Phi) is 4.65. The molecule has 22 heavy (non-hydrogen) atoms. The van der Waals surface area contributed by atoms with E-state index in [1.807, 2.05) is 0 Å². The van der Waals surface area contributed by atoms with E-state index in [0.717, 1.165) is 0 Å². The van der Waals surface area contributed by atoms with Crippen molar-refractivity contribution in [3.63, 3.8) is 0 Å². The fraction of sp³-hybridized carbons (Fsp3) is 0.118. The van der Waals surface area contributed by atoms with E-state index < -0.39 is 17.5 Å². The molecule has 0 atom stereocenters. The summed E-state index contributed by atoms with van der Waals surface area (Å²) < 4.78 is 44.4. The average Bonchev–Trinajstić information content (AvgIpc) is 2.52. The molecule has 0 aliphatic rings. The topological polar surface area (TPSA) is 26.3 Å². The molecule has 0 bridgehead atoms. The van der Waals surface area contributed by atoms with E-state index in [0.29, 0.717) is 11.8 Å². The number of carbonyl (C=O) groups excluding carboxylic acids is 1. The quantitative estimate of drug-likeness (QED) is 0.613. The first-order valence-corrected chi connectivity index (χ1v) is 6.44. The molecule has 2 aromatic carbocycles. The lowest BCUT2D eigenvalue weighted by Gasteiger charge is -2.11. The highest BCUT2D eigenvalue weighted by Gasteiger charge is 2.35. The molecule has 2 rings (SSSR count). The number of halogens is 3. The number of benzene rings is 2. The summed E-state index contributed by atoms with van der Waals surface area (Å²) in [5, 5.41) is 0. The summed E-state index contributed by atoms with van der Waals surface area (Å²) in [6, 6.07) is 13.1. The summed E-state index contributed by atoms with van der Waals surface area (Å²) in [7, 11) is 1.47. The van der Waals surface area contributed by atoms with E-state index in [1.165, 1.54) is 55.6 Å². The van der Waals surface area contributed by atoms with E-state index in [9.17, 15) is 18.0 Å². The van der Waals surface area contributed by atoms with Crippen molar-refractivity contribution in [2.24, 2.45) is 0 Å². The maximum atomic E-state index is 13.2. The van der Waals surface area contributed by atoms with Crippen LogP contribution in [0.5, 0.6) is 5.75 Å². The van der Waals surface area contributed by atoms with Crippen LogP contribution in [0, 0.1) is 0 Å². The van der Waals surface area contributed by atoms with Gasteiger partial charge < -0.3 is 4.74 Å². The number of rotatable bonds is 4. The SMILES string of the molecule is COc1ccc(C(=O)/C=C(/c2ccccc2)C(F)(F)F)cc1. The van der Waals surface area contributed by atoms with Gasteiger partial charge in [-0.1, -0.05) is 30.3 Å². The minimum absolute atomic E-state index is 0.0446. The van der Waals surface area contributed by atoms with Crippen molar-refractivity contribution in [3.8, 4) is 5.75 Å². The molecule has 0 radical (unpaired) electrons. The van der Waals surface area contributed by atoms with Gasteiger partial charge in [-0.3, -0.25) is 4.79 Å². The predicted octanol–water partition coefficient (Wildman–Crippen LogP) is 4.52. The van der Waals surface area contributed by atoms with Gasteiger partial charge in [-0.05, 0) is 35.9 Å². The Morgan fingerprint density at radius 3 is 2.05 bits per heavy atom. The van der Waals surface area contributed by atoms with Gasteiger partial charge in [0.2, 0.25) is 0 Å². The molecule has 0 saturated heterocycles. The second-order valence-corrected chi connectivity index (χ2v) is 4.51. The minimum atomic E-state index is -4.61. The first-order valence-electron chi connectivity index (χ1n) is 6.44. The van der Waals surface area contributed by atoms with E-state index in [-0.39, 0.29) is 11.1 Å². The molecular formula is C17H13F3O2. The highest BCUT2D eigenvalue weighted by Crippen LogP contribution is 2.34. The van der Waals surface area contributed by atoms with Crippen molar-refractivity contribution < 1.29 is 22.7 Å².